The molecular formula is C16H15ClN4O3. The predicted molar refractivity (Wildman–Crippen MR) is 90.2 cm³/mol. The number of hydrogen-bond donors (Lipinski definition) is 1. The molecule has 1 aromatic heterocycles. The summed E-state index contributed by atoms with van der Waals surface area (Å²) in [6.07, 6.45) is 1.19. The zero-order chi connectivity index (χ0) is 17.9. The van der Waals surface area contributed by atoms with Crippen molar-refractivity contribution >= 4 is 23.2 Å². The van der Waals surface area contributed by atoms with Gasteiger partial charge in [-0.15, -0.1) is 0 Å². The first-order valence-corrected chi connectivity index (χ1v) is 7.56. The smallest absolute Gasteiger partial charge is 0.324 e. The van der Waals surface area contributed by atoms with Gasteiger partial charge in [0.1, 0.15) is 18.2 Å². The van der Waals surface area contributed by atoms with E-state index in [4.69, 9.17) is 16.9 Å². The number of benzene rings is 1. The molecule has 1 amide bonds. The molecule has 0 atom stereocenters. The Bertz CT molecular complexity index is 953. The van der Waals surface area contributed by atoms with Gasteiger partial charge in [0.15, 0.2) is 0 Å². The lowest BCUT2D eigenvalue weighted by molar-refractivity contribution is -0.116. The van der Waals surface area contributed by atoms with Gasteiger partial charge in [-0.25, -0.2) is 9.36 Å². The van der Waals surface area contributed by atoms with Gasteiger partial charge in [0, 0.05) is 23.5 Å². The second-order valence-electron chi connectivity index (χ2n) is 5.08. The highest BCUT2D eigenvalue weighted by Gasteiger charge is 2.14. The van der Waals surface area contributed by atoms with Crippen LogP contribution in [0, 0.1) is 18.3 Å². The first-order valence-electron chi connectivity index (χ1n) is 7.18. The van der Waals surface area contributed by atoms with Gasteiger partial charge in [0.05, 0.1) is 0 Å². The normalized spacial score (nSPS) is 10.2. The minimum atomic E-state index is -0.787. The molecule has 0 aliphatic rings. The van der Waals surface area contributed by atoms with E-state index in [0.717, 1.165) is 4.57 Å². The summed E-state index contributed by atoms with van der Waals surface area (Å²) < 4.78 is 1.95. The standard InChI is InChI=1S/C16H15ClN4O3/c1-3-20-8-11(7-18)15(23)21(16(20)24)9-14(22)19-13-6-4-5-12(17)10(13)2/h4-6,8H,3,9H2,1-2H3,(H,19,22). The molecule has 0 radical (unpaired) electrons. The van der Waals surface area contributed by atoms with Crippen molar-refractivity contribution in [1.82, 2.24) is 9.13 Å². The van der Waals surface area contributed by atoms with E-state index in [1.54, 1.807) is 38.1 Å². The van der Waals surface area contributed by atoms with Crippen molar-refractivity contribution in [3.63, 3.8) is 0 Å². The zero-order valence-corrected chi connectivity index (χ0v) is 13.9. The van der Waals surface area contributed by atoms with Crippen molar-refractivity contribution in [2.24, 2.45) is 0 Å². The van der Waals surface area contributed by atoms with E-state index in [2.05, 4.69) is 5.32 Å². The van der Waals surface area contributed by atoms with Crippen LogP contribution in [0.15, 0.2) is 34.0 Å². The Morgan fingerprint density at radius 2 is 2.08 bits per heavy atom. The predicted octanol–water partition coefficient (Wildman–Crippen LogP) is 1.50. The summed E-state index contributed by atoms with van der Waals surface area (Å²) in [7, 11) is 0. The molecule has 124 valence electrons. The number of halogens is 1. The molecule has 0 fully saturated rings. The van der Waals surface area contributed by atoms with Crippen molar-refractivity contribution in [2.75, 3.05) is 5.32 Å². The Morgan fingerprint density at radius 1 is 1.38 bits per heavy atom. The average Bonchev–Trinajstić information content (AvgIpc) is 2.56. The van der Waals surface area contributed by atoms with Crippen LogP contribution in [0.3, 0.4) is 0 Å². The molecule has 24 heavy (non-hydrogen) atoms. The summed E-state index contributed by atoms with van der Waals surface area (Å²) in [5, 5.41) is 12.1. The highest BCUT2D eigenvalue weighted by atomic mass is 35.5. The maximum Gasteiger partial charge on any atom is 0.331 e. The number of anilines is 1. The maximum atomic E-state index is 12.2. The van der Waals surface area contributed by atoms with Crippen molar-refractivity contribution in [1.29, 1.82) is 5.26 Å². The average molecular weight is 347 g/mol. The Balaban J connectivity index is 2.36. The Hall–Kier alpha value is -2.85. The third kappa shape index (κ3) is 3.39. The first kappa shape index (κ1) is 17.5. The minimum absolute atomic E-state index is 0.191. The highest BCUT2D eigenvalue weighted by molar-refractivity contribution is 6.31. The van der Waals surface area contributed by atoms with Crippen LogP contribution in [-0.4, -0.2) is 15.0 Å². The summed E-state index contributed by atoms with van der Waals surface area (Å²) in [6, 6.07) is 6.77. The third-order valence-electron chi connectivity index (χ3n) is 3.54. The van der Waals surface area contributed by atoms with E-state index in [1.165, 1.54) is 10.8 Å². The van der Waals surface area contributed by atoms with Gasteiger partial charge in [-0.05, 0) is 31.5 Å². The monoisotopic (exact) mass is 346 g/mol. The maximum absolute atomic E-state index is 12.2. The summed E-state index contributed by atoms with van der Waals surface area (Å²) in [5.41, 5.74) is -0.447. The molecular weight excluding hydrogens is 332 g/mol. The van der Waals surface area contributed by atoms with Crippen LogP contribution in [0.2, 0.25) is 5.02 Å². The highest BCUT2D eigenvalue weighted by Crippen LogP contribution is 2.22. The second kappa shape index (κ2) is 7.15. The van der Waals surface area contributed by atoms with Gasteiger partial charge >= 0.3 is 5.69 Å². The Labute approximate surface area is 142 Å². The third-order valence-corrected chi connectivity index (χ3v) is 3.95. The van der Waals surface area contributed by atoms with E-state index in [0.29, 0.717) is 16.3 Å². The summed E-state index contributed by atoms with van der Waals surface area (Å²) in [6.45, 7) is 3.24. The van der Waals surface area contributed by atoms with Crippen LogP contribution in [0.25, 0.3) is 0 Å². The lowest BCUT2D eigenvalue weighted by Crippen LogP contribution is -2.43. The van der Waals surface area contributed by atoms with Gasteiger partial charge in [0.2, 0.25) is 5.91 Å². The van der Waals surface area contributed by atoms with Gasteiger partial charge in [-0.1, -0.05) is 17.7 Å². The van der Waals surface area contributed by atoms with E-state index in [9.17, 15) is 14.4 Å². The number of nitrogens with zero attached hydrogens (tertiary/aromatic N) is 3. The lowest BCUT2D eigenvalue weighted by atomic mass is 10.2. The fraction of sp³-hybridized carbons (Fsp3) is 0.250. The van der Waals surface area contributed by atoms with Crippen molar-refractivity contribution < 1.29 is 4.79 Å². The molecule has 1 heterocycles. The number of hydrogen-bond acceptors (Lipinski definition) is 4. The van der Waals surface area contributed by atoms with Crippen LogP contribution in [0.1, 0.15) is 18.1 Å². The molecule has 0 unspecified atom stereocenters. The molecule has 8 heteroatoms. The molecule has 0 saturated heterocycles. The number of aryl methyl sites for hydroxylation is 1. The Morgan fingerprint density at radius 3 is 2.71 bits per heavy atom. The van der Waals surface area contributed by atoms with E-state index in [-0.39, 0.29) is 12.1 Å². The summed E-state index contributed by atoms with van der Waals surface area (Å²) in [5.74, 6) is -0.558. The van der Waals surface area contributed by atoms with Crippen LogP contribution in [0.5, 0.6) is 0 Å². The van der Waals surface area contributed by atoms with E-state index in [1.807, 2.05) is 0 Å². The molecule has 0 aliphatic heterocycles. The molecule has 2 aromatic rings. The van der Waals surface area contributed by atoms with Crippen molar-refractivity contribution in [2.45, 2.75) is 26.9 Å². The van der Waals surface area contributed by atoms with Gasteiger partial charge in [0.25, 0.3) is 5.56 Å². The zero-order valence-electron chi connectivity index (χ0n) is 13.2. The minimum Gasteiger partial charge on any atom is -0.324 e. The fourth-order valence-electron chi connectivity index (χ4n) is 2.17. The first-order chi connectivity index (χ1) is 11.4. The SMILES string of the molecule is CCn1cc(C#N)c(=O)n(CC(=O)Nc2cccc(Cl)c2C)c1=O. The van der Waals surface area contributed by atoms with Crippen LogP contribution >= 0.6 is 11.6 Å². The number of aromatic nitrogens is 2. The molecule has 2 rings (SSSR count). The second-order valence-corrected chi connectivity index (χ2v) is 5.48. The Kier molecular flexibility index (Phi) is 5.21. The number of amides is 1. The number of nitrogens with one attached hydrogen (secondary N) is 1. The molecule has 0 saturated carbocycles. The van der Waals surface area contributed by atoms with Crippen LogP contribution in [0.4, 0.5) is 5.69 Å². The molecule has 0 spiro atoms. The van der Waals surface area contributed by atoms with Crippen LogP contribution < -0.4 is 16.6 Å². The summed E-state index contributed by atoms with van der Waals surface area (Å²) in [4.78, 5) is 36.5. The molecule has 0 bridgehead atoms. The van der Waals surface area contributed by atoms with Crippen LogP contribution in [-0.2, 0) is 17.9 Å². The lowest BCUT2D eigenvalue weighted by Gasteiger charge is -2.11. The van der Waals surface area contributed by atoms with Gasteiger partial charge in [-0.3, -0.25) is 14.2 Å². The van der Waals surface area contributed by atoms with Crippen molar-refractivity contribution in [3.05, 3.63) is 61.4 Å². The fourth-order valence-corrected chi connectivity index (χ4v) is 2.35. The number of rotatable bonds is 4. The van der Waals surface area contributed by atoms with Crippen molar-refractivity contribution in [3.8, 4) is 6.07 Å². The molecule has 7 nitrogen and oxygen atoms in total. The topological polar surface area (TPSA) is 96.9 Å². The van der Waals surface area contributed by atoms with E-state index < -0.39 is 23.7 Å². The van der Waals surface area contributed by atoms with Gasteiger partial charge in [-0.2, -0.15) is 5.26 Å². The largest absolute Gasteiger partial charge is 0.331 e. The quantitative estimate of drug-likeness (QED) is 0.907. The van der Waals surface area contributed by atoms with Gasteiger partial charge < -0.3 is 5.32 Å². The number of carbonyl (C=O) groups excluding carboxylic acids is 1. The number of carbonyl (C=O) groups is 1. The number of nitriles is 1. The molecule has 0 aliphatic carbocycles. The summed E-state index contributed by atoms with van der Waals surface area (Å²) >= 11 is 5.99. The van der Waals surface area contributed by atoms with E-state index >= 15 is 0 Å². The molecule has 1 aromatic carbocycles. The molecule has 1 N–H and O–H groups in total.